The van der Waals surface area contributed by atoms with Gasteiger partial charge in [-0.3, -0.25) is 4.79 Å². The fourth-order valence-electron chi connectivity index (χ4n) is 3.45. The van der Waals surface area contributed by atoms with Crippen molar-refractivity contribution in [3.05, 3.63) is 23.8 Å². The van der Waals surface area contributed by atoms with Gasteiger partial charge in [0.1, 0.15) is 0 Å². The standard InChI is InChI=1S/C18H24O3/c1-2-13-5-3-6-14(11-13)18(19)15-7-8-16-17(12-15)21-10-4-9-20-16/h7-8,12-14H,2-6,9-11H2,1H3. The highest BCUT2D eigenvalue weighted by Crippen LogP contribution is 2.35. The van der Waals surface area contributed by atoms with E-state index >= 15 is 0 Å². The minimum atomic E-state index is 0.188. The molecule has 1 heterocycles. The van der Waals surface area contributed by atoms with E-state index in [4.69, 9.17) is 9.47 Å². The highest BCUT2D eigenvalue weighted by Gasteiger charge is 2.27. The number of carbonyl (C=O) groups is 1. The summed E-state index contributed by atoms with van der Waals surface area (Å²) < 4.78 is 11.3. The quantitative estimate of drug-likeness (QED) is 0.780. The molecule has 1 aliphatic heterocycles. The maximum atomic E-state index is 12.7. The van der Waals surface area contributed by atoms with E-state index in [1.54, 1.807) is 0 Å². The molecule has 2 unspecified atom stereocenters. The van der Waals surface area contributed by atoms with Gasteiger partial charge in [0.05, 0.1) is 13.2 Å². The molecule has 1 aliphatic carbocycles. The molecule has 114 valence electrons. The zero-order valence-corrected chi connectivity index (χ0v) is 12.8. The van der Waals surface area contributed by atoms with Crippen LogP contribution in [0.5, 0.6) is 11.5 Å². The maximum absolute atomic E-state index is 12.7. The zero-order chi connectivity index (χ0) is 14.7. The summed E-state index contributed by atoms with van der Waals surface area (Å²) in [6, 6.07) is 5.65. The summed E-state index contributed by atoms with van der Waals surface area (Å²) in [5.41, 5.74) is 0.779. The van der Waals surface area contributed by atoms with E-state index in [1.807, 2.05) is 18.2 Å². The highest BCUT2D eigenvalue weighted by molar-refractivity contribution is 5.98. The minimum Gasteiger partial charge on any atom is -0.490 e. The molecule has 0 spiro atoms. The Morgan fingerprint density at radius 3 is 2.76 bits per heavy atom. The van der Waals surface area contributed by atoms with Crippen LogP contribution in [-0.2, 0) is 0 Å². The van der Waals surface area contributed by atoms with Crippen molar-refractivity contribution in [3.8, 4) is 11.5 Å². The predicted octanol–water partition coefficient (Wildman–Crippen LogP) is 4.25. The van der Waals surface area contributed by atoms with Gasteiger partial charge in [-0.15, -0.1) is 0 Å². The third-order valence-corrected chi connectivity index (χ3v) is 4.76. The lowest BCUT2D eigenvalue weighted by Gasteiger charge is -2.27. The third-order valence-electron chi connectivity index (χ3n) is 4.76. The van der Waals surface area contributed by atoms with Gasteiger partial charge in [-0.25, -0.2) is 0 Å². The summed E-state index contributed by atoms with van der Waals surface area (Å²) in [6.45, 7) is 3.57. The van der Waals surface area contributed by atoms with Gasteiger partial charge in [0, 0.05) is 17.9 Å². The highest BCUT2D eigenvalue weighted by atomic mass is 16.5. The molecule has 0 aromatic heterocycles. The summed E-state index contributed by atoms with van der Waals surface area (Å²) in [5.74, 6) is 2.67. The zero-order valence-electron chi connectivity index (χ0n) is 12.8. The number of carbonyl (C=O) groups excluding carboxylic acids is 1. The van der Waals surface area contributed by atoms with Crippen LogP contribution in [0.1, 0.15) is 55.8 Å². The molecule has 1 fully saturated rings. The van der Waals surface area contributed by atoms with Gasteiger partial charge < -0.3 is 9.47 Å². The van der Waals surface area contributed by atoms with Crippen LogP contribution in [-0.4, -0.2) is 19.0 Å². The molecule has 3 rings (SSSR count). The molecule has 0 bridgehead atoms. The van der Waals surface area contributed by atoms with Crippen molar-refractivity contribution in [2.75, 3.05) is 13.2 Å². The predicted molar refractivity (Wildman–Crippen MR) is 82.1 cm³/mol. The second-order valence-electron chi connectivity index (χ2n) is 6.21. The van der Waals surface area contributed by atoms with Gasteiger partial charge in [-0.1, -0.05) is 26.2 Å². The Bertz CT molecular complexity index is 509. The van der Waals surface area contributed by atoms with Crippen molar-refractivity contribution in [1.29, 1.82) is 0 Å². The molecule has 0 N–H and O–H groups in total. The number of fused-ring (bicyclic) bond motifs is 1. The van der Waals surface area contributed by atoms with Gasteiger partial charge in [0.25, 0.3) is 0 Å². The molecule has 2 aliphatic rings. The molecule has 3 heteroatoms. The average molecular weight is 288 g/mol. The molecule has 1 saturated carbocycles. The number of benzene rings is 1. The molecule has 1 aromatic rings. The molecule has 21 heavy (non-hydrogen) atoms. The number of ether oxygens (including phenoxy) is 2. The first-order chi connectivity index (χ1) is 10.3. The van der Waals surface area contributed by atoms with Gasteiger partial charge >= 0.3 is 0 Å². The van der Waals surface area contributed by atoms with Crippen LogP contribution in [0.2, 0.25) is 0 Å². The van der Waals surface area contributed by atoms with Gasteiger partial charge in [-0.2, -0.15) is 0 Å². The van der Waals surface area contributed by atoms with E-state index in [9.17, 15) is 4.79 Å². The fraction of sp³-hybridized carbons (Fsp3) is 0.611. The Morgan fingerprint density at radius 1 is 1.14 bits per heavy atom. The fourth-order valence-corrected chi connectivity index (χ4v) is 3.45. The lowest BCUT2D eigenvalue weighted by molar-refractivity contribution is 0.0861. The minimum absolute atomic E-state index is 0.188. The van der Waals surface area contributed by atoms with Crippen LogP contribution in [0.15, 0.2) is 18.2 Å². The van der Waals surface area contributed by atoms with Crippen molar-refractivity contribution < 1.29 is 14.3 Å². The Hall–Kier alpha value is -1.51. The summed E-state index contributed by atoms with van der Waals surface area (Å²) in [4.78, 5) is 12.7. The number of ketones is 1. The molecule has 2 atom stereocenters. The van der Waals surface area contributed by atoms with E-state index in [-0.39, 0.29) is 11.7 Å². The van der Waals surface area contributed by atoms with Gasteiger partial charge in [0.15, 0.2) is 17.3 Å². The Kier molecular flexibility index (Phi) is 4.47. The van der Waals surface area contributed by atoms with Crippen molar-refractivity contribution in [1.82, 2.24) is 0 Å². The summed E-state index contributed by atoms with van der Waals surface area (Å²) >= 11 is 0. The van der Waals surface area contributed by atoms with Crippen molar-refractivity contribution in [3.63, 3.8) is 0 Å². The molecule has 0 amide bonds. The van der Waals surface area contributed by atoms with Gasteiger partial charge in [-0.05, 0) is 37.0 Å². The third kappa shape index (κ3) is 3.22. The normalized spacial score (nSPS) is 25.2. The van der Waals surface area contributed by atoms with E-state index < -0.39 is 0 Å². The first kappa shape index (κ1) is 14.4. The second kappa shape index (κ2) is 6.50. The van der Waals surface area contributed by atoms with E-state index in [0.717, 1.165) is 36.3 Å². The van der Waals surface area contributed by atoms with Crippen LogP contribution in [0.25, 0.3) is 0 Å². The van der Waals surface area contributed by atoms with Crippen molar-refractivity contribution in [2.45, 2.75) is 45.4 Å². The maximum Gasteiger partial charge on any atom is 0.166 e. The summed E-state index contributed by atoms with van der Waals surface area (Å²) in [6.07, 6.45) is 6.61. The monoisotopic (exact) mass is 288 g/mol. The first-order valence-electron chi connectivity index (χ1n) is 8.21. The molecular formula is C18H24O3. The van der Waals surface area contributed by atoms with E-state index in [0.29, 0.717) is 19.1 Å². The molecule has 1 aromatic carbocycles. The molecular weight excluding hydrogens is 264 g/mol. The Balaban J connectivity index is 1.76. The smallest absolute Gasteiger partial charge is 0.166 e. The number of hydrogen-bond acceptors (Lipinski definition) is 3. The Labute approximate surface area is 126 Å². The van der Waals surface area contributed by atoms with Crippen LogP contribution < -0.4 is 9.47 Å². The van der Waals surface area contributed by atoms with Crippen LogP contribution >= 0.6 is 0 Å². The van der Waals surface area contributed by atoms with Gasteiger partial charge in [0.2, 0.25) is 0 Å². The van der Waals surface area contributed by atoms with E-state index in [1.165, 1.54) is 19.3 Å². The van der Waals surface area contributed by atoms with Crippen LogP contribution in [0.4, 0.5) is 0 Å². The van der Waals surface area contributed by atoms with E-state index in [2.05, 4.69) is 6.92 Å². The van der Waals surface area contributed by atoms with Crippen molar-refractivity contribution in [2.24, 2.45) is 11.8 Å². The van der Waals surface area contributed by atoms with Crippen molar-refractivity contribution >= 4 is 5.78 Å². The summed E-state index contributed by atoms with van der Waals surface area (Å²) in [5, 5.41) is 0. The number of Topliss-reactive ketones (excluding diaryl/α,β-unsaturated/α-hetero) is 1. The van der Waals surface area contributed by atoms with Crippen LogP contribution in [0.3, 0.4) is 0 Å². The molecule has 0 radical (unpaired) electrons. The SMILES string of the molecule is CCC1CCCC(C(=O)c2ccc3c(c2)OCCCO3)C1. The average Bonchev–Trinajstić information content (AvgIpc) is 2.78. The number of rotatable bonds is 3. The lowest BCUT2D eigenvalue weighted by atomic mass is 9.77. The van der Waals surface area contributed by atoms with Crippen LogP contribution in [0, 0.1) is 11.8 Å². The first-order valence-corrected chi connectivity index (χ1v) is 8.21. The molecule has 0 saturated heterocycles. The topological polar surface area (TPSA) is 35.5 Å². The Morgan fingerprint density at radius 2 is 1.95 bits per heavy atom. The number of hydrogen-bond donors (Lipinski definition) is 0. The largest absolute Gasteiger partial charge is 0.490 e. The summed E-state index contributed by atoms with van der Waals surface area (Å²) in [7, 11) is 0. The molecule has 3 nitrogen and oxygen atoms in total. The second-order valence-corrected chi connectivity index (χ2v) is 6.21. The lowest BCUT2D eigenvalue weighted by Crippen LogP contribution is -2.22.